The minimum Gasteiger partial charge on any atom is -0.375 e. The predicted molar refractivity (Wildman–Crippen MR) is 95.0 cm³/mol. The van der Waals surface area contributed by atoms with Gasteiger partial charge in [0.1, 0.15) is 6.10 Å². The number of epoxide rings is 1. The van der Waals surface area contributed by atoms with Crippen molar-refractivity contribution >= 4 is 0 Å². The van der Waals surface area contributed by atoms with E-state index in [9.17, 15) is 0 Å². The molecule has 1 heterocycles. The molecule has 1 aliphatic rings. The number of hydrogen-bond acceptors (Lipinski definition) is 5. The highest BCUT2D eigenvalue weighted by molar-refractivity contribution is 4.80. The molecule has 0 amide bonds. The Kier molecular flexibility index (Phi) is 11.1. The summed E-state index contributed by atoms with van der Waals surface area (Å²) in [5, 5.41) is 0. The lowest BCUT2D eigenvalue weighted by Gasteiger charge is -2.40. The van der Waals surface area contributed by atoms with Gasteiger partial charge in [0, 0.05) is 21.3 Å². The molecule has 0 aliphatic carbocycles. The summed E-state index contributed by atoms with van der Waals surface area (Å²) in [6.45, 7) is 5.83. The summed E-state index contributed by atoms with van der Waals surface area (Å²) >= 11 is 0. The second-order valence-corrected chi connectivity index (χ2v) is 6.61. The van der Waals surface area contributed by atoms with Crippen LogP contribution in [0.3, 0.4) is 0 Å². The molecule has 5 nitrogen and oxygen atoms in total. The van der Waals surface area contributed by atoms with Crippen molar-refractivity contribution in [2.75, 3.05) is 34.5 Å². The minimum atomic E-state index is -1.05. The van der Waals surface area contributed by atoms with Crippen LogP contribution in [0.2, 0.25) is 0 Å². The smallest absolute Gasteiger partial charge is 0.287 e. The van der Waals surface area contributed by atoms with Crippen LogP contribution in [0, 0.1) is 5.92 Å². The molecule has 0 bridgehead atoms. The first-order chi connectivity index (χ1) is 11.7. The largest absolute Gasteiger partial charge is 0.375 e. The van der Waals surface area contributed by atoms with Gasteiger partial charge in [0.05, 0.1) is 25.2 Å². The van der Waals surface area contributed by atoms with E-state index in [1.165, 1.54) is 32.1 Å². The van der Waals surface area contributed by atoms with E-state index in [2.05, 4.69) is 13.8 Å². The Labute approximate surface area is 148 Å². The normalized spacial score (nSPS) is 20.1. The fourth-order valence-corrected chi connectivity index (χ4v) is 3.35. The maximum Gasteiger partial charge on any atom is 0.287 e. The number of unbranched alkanes of at least 4 members (excludes halogenated alkanes) is 5. The molecule has 0 radical (unpaired) electrons. The maximum atomic E-state index is 6.12. The summed E-state index contributed by atoms with van der Waals surface area (Å²) in [6.07, 6.45) is 9.71. The lowest BCUT2D eigenvalue weighted by molar-refractivity contribution is -0.390. The van der Waals surface area contributed by atoms with Gasteiger partial charge in [-0.15, -0.1) is 0 Å². The highest BCUT2D eigenvalue weighted by Gasteiger charge is 2.44. The molecule has 0 saturated carbocycles. The van der Waals surface area contributed by atoms with Crippen LogP contribution in [-0.2, 0) is 23.7 Å². The van der Waals surface area contributed by atoms with Crippen LogP contribution < -0.4 is 0 Å². The fraction of sp³-hybridized carbons (Fsp3) is 1.00. The molecule has 0 aromatic heterocycles. The Balaban J connectivity index is 2.61. The first-order valence-electron chi connectivity index (χ1n) is 9.56. The average molecular weight is 347 g/mol. The van der Waals surface area contributed by atoms with Gasteiger partial charge in [-0.2, -0.15) is 0 Å². The third kappa shape index (κ3) is 6.96. The molecule has 144 valence electrons. The Morgan fingerprint density at radius 1 is 0.958 bits per heavy atom. The molecule has 1 rings (SSSR count). The molecule has 0 aromatic carbocycles. The lowest BCUT2D eigenvalue weighted by Crippen LogP contribution is -2.50. The molecule has 1 saturated heterocycles. The van der Waals surface area contributed by atoms with Crippen LogP contribution in [0.4, 0.5) is 0 Å². The van der Waals surface area contributed by atoms with Gasteiger partial charge in [-0.05, 0) is 12.8 Å². The van der Waals surface area contributed by atoms with Crippen LogP contribution in [0.25, 0.3) is 0 Å². The van der Waals surface area contributed by atoms with Gasteiger partial charge in [-0.25, -0.2) is 0 Å². The van der Waals surface area contributed by atoms with Crippen molar-refractivity contribution < 1.29 is 23.7 Å². The van der Waals surface area contributed by atoms with E-state index >= 15 is 0 Å². The van der Waals surface area contributed by atoms with E-state index in [1.807, 2.05) is 0 Å². The zero-order valence-electron chi connectivity index (χ0n) is 16.3. The number of methoxy groups -OCH3 is 3. The van der Waals surface area contributed by atoms with Crippen molar-refractivity contribution in [1.29, 1.82) is 0 Å². The molecular weight excluding hydrogens is 308 g/mol. The number of hydrogen-bond donors (Lipinski definition) is 0. The summed E-state index contributed by atoms with van der Waals surface area (Å²) in [5.74, 6) is -1.01. The fourth-order valence-electron chi connectivity index (χ4n) is 3.35. The molecule has 3 atom stereocenters. The van der Waals surface area contributed by atoms with Crippen molar-refractivity contribution in [3.05, 3.63) is 0 Å². The number of rotatable bonds is 16. The van der Waals surface area contributed by atoms with Gasteiger partial charge in [0.2, 0.25) is 0 Å². The Morgan fingerprint density at radius 3 is 2.04 bits per heavy atom. The highest BCUT2D eigenvalue weighted by atomic mass is 16.9. The van der Waals surface area contributed by atoms with Gasteiger partial charge < -0.3 is 23.7 Å². The standard InChI is InChI=1S/C19H38O5/c1-6-8-9-10-11-12-13-17(19(20-3,21-4)22-5)18(7-2)24-15-16-14-23-16/h16-18H,6-15H2,1-5H3. The maximum absolute atomic E-state index is 6.12. The van der Waals surface area contributed by atoms with E-state index in [4.69, 9.17) is 23.7 Å². The van der Waals surface area contributed by atoms with Crippen molar-refractivity contribution in [1.82, 2.24) is 0 Å². The molecule has 1 fully saturated rings. The monoisotopic (exact) mass is 346 g/mol. The van der Waals surface area contributed by atoms with Crippen molar-refractivity contribution in [2.45, 2.75) is 83.4 Å². The number of ether oxygens (including phenoxy) is 5. The van der Waals surface area contributed by atoms with Gasteiger partial charge in [0.25, 0.3) is 5.97 Å². The summed E-state index contributed by atoms with van der Waals surface area (Å²) in [4.78, 5) is 0. The third-order valence-corrected chi connectivity index (χ3v) is 4.93. The molecule has 24 heavy (non-hydrogen) atoms. The van der Waals surface area contributed by atoms with E-state index in [-0.39, 0.29) is 18.1 Å². The van der Waals surface area contributed by atoms with Gasteiger partial charge >= 0.3 is 0 Å². The summed E-state index contributed by atoms with van der Waals surface area (Å²) in [6, 6.07) is 0. The molecular formula is C19H38O5. The van der Waals surface area contributed by atoms with Crippen molar-refractivity contribution in [3.8, 4) is 0 Å². The van der Waals surface area contributed by atoms with Crippen LogP contribution in [-0.4, -0.2) is 52.7 Å². The quantitative estimate of drug-likeness (QED) is 0.239. The van der Waals surface area contributed by atoms with Crippen LogP contribution in [0.5, 0.6) is 0 Å². The molecule has 0 spiro atoms. The predicted octanol–water partition coefficient (Wildman–Crippen LogP) is 4.14. The summed E-state index contributed by atoms with van der Waals surface area (Å²) < 4.78 is 28.3. The third-order valence-electron chi connectivity index (χ3n) is 4.93. The zero-order valence-corrected chi connectivity index (χ0v) is 16.3. The van der Waals surface area contributed by atoms with Crippen molar-refractivity contribution in [2.24, 2.45) is 5.92 Å². The second-order valence-electron chi connectivity index (χ2n) is 6.61. The SMILES string of the molecule is CCCCCCCCC(C(CC)OCC1CO1)C(OC)(OC)OC. The van der Waals surface area contributed by atoms with Gasteiger partial charge in [-0.3, -0.25) is 0 Å². The summed E-state index contributed by atoms with van der Waals surface area (Å²) in [5.41, 5.74) is 0. The minimum absolute atomic E-state index is 0.0321. The first-order valence-corrected chi connectivity index (χ1v) is 9.56. The second kappa shape index (κ2) is 12.2. The van der Waals surface area contributed by atoms with E-state index in [0.29, 0.717) is 6.61 Å². The molecule has 0 aromatic rings. The Bertz CT molecular complexity index is 294. The first kappa shape index (κ1) is 21.8. The Morgan fingerprint density at radius 2 is 1.54 bits per heavy atom. The average Bonchev–Trinajstić information content (AvgIpc) is 3.44. The molecule has 5 heteroatoms. The van der Waals surface area contributed by atoms with Crippen LogP contribution in [0.1, 0.15) is 65.2 Å². The van der Waals surface area contributed by atoms with Crippen LogP contribution >= 0.6 is 0 Å². The van der Waals surface area contributed by atoms with Gasteiger partial charge in [-0.1, -0.05) is 52.4 Å². The molecule has 0 N–H and O–H groups in total. The van der Waals surface area contributed by atoms with E-state index < -0.39 is 5.97 Å². The molecule has 1 aliphatic heterocycles. The molecule has 3 unspecified atom stereocenters. The van der Waals surface area contributed by atoms with E-state index in [1.54, 1.807) is 21.3 Å². The van der Waals surface area contributed by atoms with Gasteiger partial charge in [0.15, 0.2) is 0 Å². The highest BCUT2D eigenvalue weighted by Crippen LogP contribution is 2.34. The van der Waals surface area contributed by atoms with Crippen molar-refractivity contribution in [3.63, 3.8) is 0 Å². The van der Waals surface area contributed by atoms with Crippen LogP contribution in [0.15, 0.2) is 0 Å². The topological polar surface area (TPSA) is 49.5 Å². The zero-order chi connectivity index (χ0) is 17.8. The lowest BCUT2D eigenvalue weighted by atomic mass is 9.90. The Hall–Kier alpha value is -0.200. The summed E-state index contributed by atoms with van der Waals surface area (Å²) in [7, 11) is 4.91. The van der Waals surface area contributed by atoms with E-state index in [0.717, 1.165) is 25.9 Å².